The molecule has 3 nitrogen and oxygen atoms in total. The molecule has 1 aromatic rings. The van der Waals surface area contributed by atoms with Crippen molar-refractivity contribution >= 4 is 34.2 Å². The second-order valence-electron chi connectivity index (χ2n) is 2.14. The van der Waals surface area contributed by atoms with Crippen molar-refractivity contribution in [2.75, 3.05) is 11.5 Å². The van der Waals surface area contributed by atoms with Gasteiger partial charge in [0.25, 0.3) is 6.43 Å². The van der Waals surface area contributed by atoms with Gasteiger partial charge in [0.1, 0.15) is 11.6 Å². The standard InChI is InChI=1S/C6H6F2IN3/c7-5(8)2-1-3(10)12-6(11)4(2)9/h1,5H,(H4,10,11,12). The van der Waals surface area contributed by atoms with Gasteiger partial charge in [0.15, 0.2) is 0 Å². The van der Waals surface area contributed by atoms with Crippen molar-refractivity contribution in [3.63, 3.8) is 0 Å². The molecule has 1 heterocycles. The number of pyridine rings is 1. The van der Waals surface area contributed by atoms with Gasteiger partial charge in [-0.15, -0.1) is 0 Å². The average molecular weight is 285 g/mol. The van der Waals surface area contributed by atoms with E-state index in [1.54, 1.807) is 22.6 Å². The van der Waals surface area contributed by atoms with Gasteiger partial charge in [0.2, 0.25) is 0 Å². The second kappa shape index (κ2) is 3.38. The van der Waals surface area contributed by atoms with E-state index in [0.29, 0.717) is 0 Å². The minimum absolute atomic E-state index is 0.0169. The molecule has 0 aliphatic rings. The first-order valence-electron chi connectivity index (χ1n) is 3.02. The topological polar surface area (TPSA) is 64.9 Å². The molecule has 4 N–H and O–H groups in total. The highest BCUT2D eigenvalue weighted by molar-refractivity contribution is 14.1. The minimum atomic E-state index is -2.57. The van der Waals surface area contributed by atoms with E-state index in [-0.39, 0.29) is 20.8 Å². The second-order valence-corrected chi connectivity index (χ2v) is 3.22. The predicted molar refractivity (Wildman–Crippen MR) is 50.7 cm³/mol. The zero-order valence-electron chi connectivity index (χ0n) is 5.89. The van der Waals surface area contributed by atoms with Crippen LogP contribution in [0, 0.1) is 3.57 Å². The summed E-state index contributed by atoms with van der Waals surface area (Å²) in [5, 5.41) is 0. The molecule has 0 aliphatic carbocycles. The van der Waals surface area contributed by atoms with E-state index in [9.17, 15) is 8.78 Å². The average Bonchev–Trinajstić information content (AvgIpc) is 1.96. The Kier molecular flexibility index (Phi) is 2.65. The zero-order chi connectivity index (χ0) is 9.30. The fourth-order valence-electron chi connectivity index (χ4n) is 0.750. The van der Waals surface area contributed by atoms with Crippen LogP contribution in [0.5, 0.6) is 0 Å². The molecule has 0 radical (unpaired) electrons. The summed E-state index contributed by atoms with van der Waals surface area (Å²) in [6.07, 6.45) is -2.57. The Balaban J connectivity index is 3.28. The quantitative estimate of drug-likeness (QED) is 0.773. The molecule has 0 amide bonds. The third kappa shape index (κ3) is 1.74. The SMILES string of the molecule is Nc1cc(C(F)F)c(I)c(N)n1. The summed E-state index contributed by atoms with van der Waals surface area (Å²) in [6, 6.07) is 1.13. The van der Waals surface area contributed by atoms with Crippen LogP contribution in [-0.2, 0) is 0 Å². The van der Waals surface area contributed by atoms with Crippen LogP contribution in [0.3, 0.4) is 0 Å². The third-order valence-electron chi connectivity index (χ3n) is 1.27. The predicted octanol–water partition coefficient (Wildman–Crippen LogP) is 1.79. The number of hydrogen-bond acceptors (Lipinski definition) is 3. The van der Waals surface area contributed by atoms with E-state index in [1.165, 1.54) is 0 Å². The summed E-state index contributed by atoms with van der Waals surface area (Å²) in [7, 11) is 0. The Bertz CT molecular complexity index is 303. The van der Waals surface area contributed by atoms with Crippen LogP contribution in [-0.4, -0.2) is 4.98 Å². The van der Waals surface area contributed by atoms with Crippen LogP contribution < -0.4 is 11.5 Å². The molecular weight excluding hydrogens is 279 g/mol. The van der Waals surface area contributed by atoms with E-state index >= 15 is 0 Å². The van der Waals surface area contributed by atoms with Crippen molar-refractivity contribution in [2.24, 2.45) is 0 Å². The molecule has 1 aromatic heterocycles. The Morgan fingerprint density at radius 1 is 1.42 bits per heavy atom. The van der Waals surface area contributed by atoms with Crippen molar-refractivity contribution in [1.82, 2.24) is 4.98 Å². The van der Waals surface area contributed by atoms with Gasteiger partial charge >= 0.3 is 0 Å². The molecule has 0 fully saturated rings. The molecule has 0 unspecified atom stereocenters. The summed E-state index contributed by atoms with van der Waals surface area (Å²) in [5.41, 5.74) is 10.4. The number of nitrogens with two attached hydrogens (primary N) is 2. The third-order valence-corrected chi connectivity index (χ3v) is 2.44. The molecule has 0 saturated heterocycles. The number of alkyl halides is 2. The van der Waals surface area contributed by atoms with Crippen LogP contribution in [0.15, 0.2) is 6.07 Å². The normalized spacial score (nSPS) is 10.7. The highest BCUT2D eigenvalue weighted by Gasteiger charge is 2.14. The summed E-state index contributed by atoms with van der Waals surface area (Å²) < 4.78 is 24.7. The van der Waals surface area contributed by atoms with Crippen molar-refractivity contribution in [2.45, 2.75) is 6.43 Å². The molecular formula is C6H6F2IN3. The Hall–Kier alpha value is -0.660. The molecule has 0 aliphatic heterocycles. The molecule has 0 spiro atoms. The van der Waals surface area contributed by atoms with Crippen molar-refractivity contribution in [3.8, 4) is 0 Å². The van der Waals surface area contributed by atoms with Gasteiger partial charge in [-0.1, -0.05) is 0 Å². The van der Waals surface area contributed by atoms with Gasteiger partial charge in [-0.2, -0.15) is 0 Å². The molecule has 6 heteroatoms. The number of rotatable bonds is 1. The van der Waals surface area contributed by atoms with Gasteiger partial charge in [0.05, 0.1) is 3.57 Å². The van der Waals surface area contributed by atoms with Crippen LogP contribution in [0.4, 0.5) is 20.4 Å². The smallest absolute Gasteiger partial charge is 0.265 e. The number of anilines is 2. The van der Waals surface area contributed by atoms with Crippen molar-refractivity contribution in [3.05, 3.63) is 15.2 Å². The van der Waals surface area contributed by atoms with Gasteiger partial charge in [0, 0.05) is 5.56 Å². The van der Waals surface area contributed by atoms with E-state index in [2.05, 4.69) is 4.98 Å². The fraction of sp³-hybridized carbons (Fsp3) is 0.167. The van der Waals surface area contributed by atoms with Gasteiger partial charge < -0.3 is 11.5 Å². The van der Waals surface area contributed by atoms with E-state index < -0.39 is 6.43 Å². The summed E-state index contributed by atoms with van der Waals surface area (Å²) in [5.74, 6) is 0.0640. The number of nitrogens with zero attached hydrogens (tertiary/aromatic N) is 1. The number of nitrogen functional groups attached to an aromatic ring is 2. The lowest BCUT2D eigenvalue weighted by molar-refractivity contribution is 0.150. The first-order valence-corrected chi connectivity index (χ1v) is 4.09. The van der Waals surface area contributed by atoms with Gasteiger partial charge in [-0.25, -0.2) is 13.8 Å². The molecule has 12 heavy (non-hydrogen) atoms. The lowest BCUT2D eigenvalue weighted by atomic mass is 10.2. The first kappa shape index (κ1) is 9.43. The lowest BCUT2D eigenvalue weighted by Gasteiger charge is -2.05. The summed E-state index contributed by atoms with van der Waals surface area (Å²) in [4.78, 5) is 3.63. The number of aromatic nitrogens is 1. The van der Waals surface area contributed by atoms with Crippen LogP contribution >= 0.6 is 22.6 Å². The highest BCUT2D eigenvalue weighted by atomic mass is 127. The van der Waals surface area contributed by atoms with Gasteiger partial charge in [-0.3, -0.25) is 0 Å². The molecule has 1 rings (SSSR count). The zero-order valence-corrected chi connectivity index (χ0v) is 8.05. The van der Waals surface area contributed by atoms with Crippen LogP contribution in [0.2, 0.25) is 0 Å². The monoisotopic (exact) mass is 285 g/mol. The number of hydrogen-bond donors (Lipinski definition) is 2. The molecule has 0 saturated carbocycles. The minimum Gasteiger partial charge on any atom is -0.384 e. The largest absolute Gasteiger partial charge is 0.384 e. The van der Waals surface area contributed by atoms with Crippen molar-refractivity contribution < 1.29 is 8.78 Å². The van der Waals surface area contributed by atoms with Crippen molar-refractivity contribution in [1.29, 1.82) is 0 Å². The Morgan fingerprint density at radius 2 is 2.00 bits per heavy atom. The van der Waals surface area contributed by atoms with E-state index in [1.807, 2.05) is 0 Å². The Morgan fingerprint density at radius 3 is 2.50 bits per heavy atom. The van der Waals surface area contributed by atoms with Crippen LogP contribution in [0.1, 0.15) is 12.0 Å². The molecule has 66 valence electrons. The first-order chi connectivity index (χ1) is 5.52. The maximum Gasteiger partial charge on any atom is 0.265 e. The molecule has 0 aromatic carbocycles. The lowest BCUT2D eigenvalue weighted by Crippen LogP contribution is -2.03. The molecule has 0 bridgehead atoms. The summed E-state index contributed by atoms with van der Waals surface area (Å²) in [6.45, 7) is 0. The van der Waals surface area contributed by atoms with E-state index in [4.69, 9.17) is 11.5 Å². The van der Waals surface area contributed by atoms with E-state index in [0.717, 1.165) is 6.07 Å². The molecule has 0 atom stereocenters. The highest BCUT2D eigenvalue weighted by Crippen LogP contribution is 2.28. The fourth-order valence-corrected chi connectivity index (χ4v) is 1.26. The number of halogens is 3. The van der Waals surface area contributed by atoms with Gasteiger partial charge in [-0.05, 0) is 28.7 Å². The Labute approximate surface area is 81.3 Å². The summed E-state index contributed by atoms with van der Waals surface area (Å²) >= 11 is 1.71. The maximum atomic E-state index is 12.2. The maximum absolute atomic E-state index is 12.2. The van der Waals surface area contributed by atoms with Crippen LogP contribution in [0.25, 0.3) is 0 Å².